The molecule has 0 unspecified atom stereocenters. The zero-order valence-electron chi connectivity index (χ0n) is 7.63. The molecule has 0 aliphatic heterocycles. The summed E-state index contributed by atoms with van der Waals surface area (Å²) < 4.78 is 2.02. The van der Waals surface area contributed by atoms with E-state index in [4.69, 9.17) is 0 Å². The summed E-state index contributed by atoms with van der Waals surface area (Å²) in [4.78, 5) is 0. The fourth-order valence-corrected chi connectivity index (χ4v) is 1.81. The van der Waals surface area contributed by atoms with Crippen LogP contribution in [0, 0.1) is 0 Å². The van der Waals surface area contributed by atoms with Crippen molar-refractivity contribution >= 4 is 45.5 Å². The third-order valence-electron chi connectivity index (χ3n) is 1.58. The summed E-state index contributed by atoms with van der Waals surface area (Å²) in [5.41, 5.74) is 1.30. The number of hydrogen-bond donors (Lipinski definition) is 0. The van der Waals surface area contributed by atoms with Crippen LogP contribution in [0.2, 0.25) is 0 Å². The molecule has 0 amide bonds. The number of benzene rings is 1. The van der Waals surface area contributed by atoms with E-state index < -0.39 is 0 Å². The first-order valence-corrected chi connectivity index (χ1v) is 4.37. The normalized spacial score (nSPS) is 10.7. The summed E-state index contributed by atoms with van der Waals surface area (Å²) in [6.45, 7) is 0. The zero-order chi connectivity index (χ0) is 8.48. The van der Waals surface area contributed by atoms with Crippen LogP contribution in [0.5, 0.6) is 0 Å². The van der Waals surface area contributed by atoms with Crippen LogP contribution in [0.15, 0.2) is 28.7 Å². The average molecular weight is 334 g/mol. The number of quaternary nitrogens is 1. The standard InChI is InChI=1S/C9H13BrN.Sn/c1-11(2,3)9-7-5-4-6-8(9)10;/h4-7H,1-3H3;/q+1;. The number of hydrogen-bond acceptors (Lipinski definition) is 0. The van der Waals surface area contributed by atoms with E-state index in [1.807, 2.05) is 6.07 Å². The van der Waals surface area contributed by atoms with Gasteiger partial charge in [0.1, 0.15) is 5.69 Å². The van der Waals surface area contributed by atoms with Crippen molar-refractivity contribution in [2.45, 2.75) is 0 Å². The quantitative estimate of drug-likeness (QED) is 0.546. The topological polar surface area (TPSA) is 0 Å². The van der Waals surface area contributed by atoms with E-state index in [1.165, 1.54) is 10.2 Å². The Bertz CT molecular complexity index is 255. The monoisotopic (exact) mass is 334 g/mol. The summed E-state index contributed by atoms with van der Waals surface area (Å²) in [5, 5.41) is 0. The molecule has 1 nitrogen and oxygen atoms in total. The minimum Gasteiger partial charge on any atom is -0.297 e. The fraction of sp³-hybridized carbons (Fsp3) is 0.333. The summed E-state index contributed by atoms with van der Waals surface area (Å²) in [6.07, 6.45) is 0. The van der Waals surface area contributed by atoms with Gasteiger partial charge in [-0.25, -0.2) is 0 Å². The molecule has 4 radical (unpaired) electrons. The molecule has 0 spiro atoms. The maximum absolute atomic E-state index is 3.52. The third-order valence-corrected chi connectivity index (χ3v) is 2.25. The van der Waals surface area contributed by atoms with Crippen LogP contribution in [-0.4, -0.2) is 45.1 Å². The third kappa shape index (κ3) is 3.07. The second-order valence-electron chi connectivity index (χ2n) is 3.46. The van der Waals surface area contributed by atoms with E-state index in [2.05, 4.69) is 55.3 Å². The molecule has 0 atom stereocenters. The van der Waals surface area contributed by atoms with Gasteiger partial charge in [0.15, 0.2) is 0 Å². The van der Waals surface area contributed by atoms with Crippen molar-refractivity contribution in [3.05, 3.63) is 28.7 Å². The van der Waals surface area contributed by atoms with Crippen molar-refractivity contribution in [3.63, 3.8) is 0 Å². The first-order chi connectivity index (χ1) is 5.02. The van der Waals surface area contributed by atoms with Gasteiger partial charge < -0.3 is 0 Å². The second kappa shape index (κ2) is 4.63. The van der Waals surface area contributed by atoms with Crippen molar-refractivity contribution < 1.29 is 0 Å². The maximum atomic E-state index is 3.52. The van der Waals surface area contributed by atoms with E-state index in [1.54, 1.807) is 0 Å². The Morgan fingerprint density at radius 3 is 1.92 bits per heavy atom. The number of halogens is 1. The molecule has 0 bridgehead atoms. The molecule has 1 aromatic rings. The van der Waals surface area contributed by atoms with Gasteiger partial charge in [-0.05, 0) is 22.0 Å². The Labute approximate surface area is 99.4 Å². The van der Waals surface area contributed by atoms with E-state index in [0.717, 1.165) is 4.48 Å². The van der Waals surface area contributed by atoms with Gasteiger partial charge in [0.25, 0.3) is 0 Å². The molecule has 0 aliphatic carbocycles. The largest absolute Gasteiger partial charge is 0.297 e. The number of nitrogens with zero attached hydrogens (tertiary/aromatic N) is 1. The van der Waals surface area contributed by atoms with Gasteiger partial charge in [0, 0.05) is 30.0 Å². The predicted octanol–water partition coefficient (Wildman–Crippen LogP) is 2.27. The van der Waals surface area contributed by atoms with Crippen molar-refractivity contribution in [2.24, 2.45) is 0 Å². The first-order valence-electron chi connectivity index (χ1n) is 3.58. The van der Waals surface area contributed by atoms with E-state index in [9.17, 15) is 0 Å². The first kappa shape index (κ1) is 12.5. The summed E-state index contributed by atoms with van der Waals surface area (Å²) >= 11 is 3.52. The molecule has 0 aliphatic rings. The van der Waals surface area contributed by atoms with Gasteiger partial charge in [0.05, 0.1) is 25.6 Å². The van der Waals surface area contributed by atoms with Crippen LogP contribution in [0.4, 0.5) is 5.69 Å². The van der Waals surface area contributed by atoms with Gasteiger partial charge in [-0.2, -0.15) is 0 Å². The van der Waals surface area contributed by atoms with Gasteiger partial charge in [-0.15, -0.1) is 0 Å². The molecule has 3 heteroatoms. The van der Waals surface area contributed by atoms with Crippen molar-refractivity contribution in [1.29, 1.82) is 0 Å². The SMILES string of the molecule is C[N+](C)(C)c1ccccc1Br.[Sn]. The molecule has 0 heterocycles. The van der Waals surface area contributed by atoms with Crippen molar-refractivity contribution in [2.75, 3.05) is 21.1 Å². The summed E-state index contributed by atoms with van der Waals surface area (Å²) in [5.74, 6) is 0. The number of para-hydroxylation sites is 1. The Morgan fingerprint density at radius 1 is 1.08 bits per heavy atom. The molecule has 64 valence electrons. The minimum absolute atomic E-state index is 0. The average Bonchev–Trinajstić information content (AvgIpc) is 1.86. The Morgan fingerprint density at radius 2 is 1.58 bits per heavy atom. The molecule has 0 N–H and O–H groups in total. The summed E-state index contributed by atoms with van der Waals surface area (Å²) in [7, 11) is 6.46. The minimum atomic E-state index is 0. The zero-order valence-corrected chi connectivity index (χ0v) is 12.1. The maximum Gasteiger partial charge on any atom is 0.146 e. The van der Waals surface area contributed by atoms with E-state index in [-0.39, 0.29) is 23.9 Å². The van der Waals surface area contributed by atoms with Crippen LogP contribution in [0.3, 0.4) is 0 Å². The van der Waals surface area contributed by atoms with Crippen molar-refractivity contribution in [3.8, 4) is 0 Å². The smallest absolute Gasteiger partial charge is 0.146 e. The molecule has 0 saturated heterocycles. The van der Waals surface area contributed by atoms with Gasteiger partial charge in [-0.1, -0.05) is 12.1 Å². The van der Waals surface area contributed by atoms with E-state index >= 15 is 0 Å². The van der Waals surface area contributed by atoms with Crippen LogP contribution in [0.1, 0.15) is 0 Å². The van der Waals surface area contributed by atoms with Gasteiger partial charge >= 0.3 is 0 Å². The Hall–Kier alpha value is 0.459. The molecule has 0 saturated carbocycles. The molecule has 0 aromatic heterocycles. The predicted molar refractivity (Wildman–Crippen MR) is 59.5 cm³/mol. The second-order valence-corrected chi connectivity index (χ2v) is 4.32. The molecule has 12 heavy (non-hydrogen) atoms. The fourth-order valence-electron chi connectivity index (χ4n) is 0.996. The van der Waals surface area contributed by atoms with Crippen LogP contribution >= 0.6 is 15.9 Å². The number of rotatable bonds is 1. The van der Waals surface area contributed by atoms with Gasteiger partial charge in [0.2, 0.25) is 0 Å². The molecular weight excluding hydrogens is 321 g/mol. The Kier molecular flexibility index (Phi) is 4.80. The van der Waals surface area contributed by atoms with Crippen LogP contribution < -0.4 is 4.48 Å². The molecule has 1 rings (SSSR count). The summed E-state index contributed by atoms with van der Waals surface area (Å²) in [6, 6.07) is 8.29. The van der Waals surface area contributed by atoms with Crippen molar-refractivity contribution in [1.82, 2.24) is 4.48 Å². The molecular formula is C9H13BrNSn+. The molecule has 0 fully saturated rings. The van der Waals surface area contributed by atoms with Crippen LogP contribution in [0.25, 0.3) is 0 Å². The van der Waals surface area contributed by atoms with Gasteiger partial charge in [-0.3, -0.25) is 4.48 Å². The van der Waals surface area contributed by atoms with E-state index in [0.29, 0.717) is 0 Å². The Balaban J connectivity index is 0.00000121. The van der Waals surface area contributed by atoms with Crippen LogP contribution in [-0.2, 0) is 0 Å². The molecule has 1 aromatic carbocycles.